The summed E-state index contributed by atoms with van der Waals surface area (Å²) in [7, 11) is 1.74. The van der Waals surface area contributed by atoms with Gasteiger partial charge in [-0.1, -0.05) is 30.3 Å². The van der Waals surface area contributed by atoms with Crippen LogP contribution >= 0.6 is 11.3 Å². The number of ether oxygens (including phenoxy) is 1. The number of aromatic nitrogens is 1. The number of nitrogens with zero attached hydrogens (tertiary/aromatic N) is 2. The lowest BCUT2D eigenvalue weighted by molar-refractivity contribution is -0.125. The van der Waals surface area contributed by atoms with Gasteiger partial charge in [-0.3, -0.25) is 9.59 Å². The van der Waals surface area contributed by atoms with E-state index in [4.69, 9.17) is 4.74 Å². The lowest BCUT2D eigenvalue weighted by atomic mass is 10.1. The molecule has 0 spiro atoms. The smallest absolute Gasteiger partial charge is 0.267 e. The molecule has 142 valence electrons. The highest BCUT2D eigenvalue weighted by Crippen LogP contribution is 2.37. The number of amides is 2. The van der Waals surface area contributed by atoms with Crippen LogP contribution in [0.5, 0.6) is 5.75 Å². The molecule has 1 N–H and O–H groups in total. The van der Waals surface area contributed by atoms with Crippen LogP contribution in [0.25, 0.3) is 11.3 Å². The van der Waals surface area contributed by atoms with E-state index in [-0.39, 0.29) is 11.8 Å². The molecule has 7 heteroatoms. The Morgan fingerprint density at radius 3 is 2.82 bits per heavy atom. The molecule has 6 nitrogen and oxygen atoms in total. The van der Waals surface area contributed by atoms with E-state index >= 15 is 0 Å². The third-order valence-electron chi connectivity index (χ3n) is 4.56. The minimum absolute atomic E-state index is 0.0863. The number of fused-ring (bicyclic) bond motifs is 1. The fourth-order valence-electron chi connectivity index (χ4n) is 3.08. The summed E-state index contributed by atoms with van der Waals surface area (Å²) in [4.78, 5) is 30.5. The number of carbonyl (C=O) groups is 2. The number of carbonyl (C=O) groups excluding carboxylic acids is 2. The van der Waals surface area contributed by atoms with Crippen LogP contribution in [0.3, 0.4) is 0 Å². The van der Waals surface area contributed by atoms with Crippen molar-refractivity contribution in [3.05, 3.63) is 59.5 Å². The molecule has 0 bridgehead atoms. The Morgan fingerprint density at radius 2 is 2.04 bits per heavy atom. The number of hydrogen-bond acceptors (Lipinski definition) is 5. The minimum atomic E-state index is -0.492. The van der Waals surface area contributed by atoms with E-state index in [1.165, 1.54) is 11.3 Å². The van der Waals surface area contributed by atoms with Gasteiger partial charge in [0, 0.05) is 18.0 Å². The molecule has 3 aromatic rings. The zero-order chi connectivity index (χ0) is 19.7. The molecule has 0 fully saturated rings. The number of likely N-dealkylation sites (N-methyl/N-ethyl adjacent to an activating group) is 1. The lowest BCUT2D eigenvalue weighted by Crippen LogP contribution is -2.41. The fraction of sp³-hybridized carbons (Fsp3) is 0.190. The molecule has 0 saturated heterocycles. The fourth-order valence-corrected chi connectivity index (χ4v) is 3.82. The first-order valence-electron chi connectivity index (χ1n) is 8.89. The van der Waals surface area contributed by atoms with Crippen molar-refractivity contribution in [3.8, 4) is 17.0 Å². The van der Waals surface area contributed by atoms with E-state index in [1.807, 2.05) is 53.9 Å². The zero-order valence-corrected chi connectivity index (χ0v) is 16.3. The molecule has 2 aromatic carbocycles. The van der Waals surface area contributed by atoms with Crippen molar-refractivity contribution >= 4 is 34.0 Å². The Labute approximate surface area is 166 Å². The van der Waals surface area contributed by atoms with Crippen LogP contribution in [0, 0.1) is 0 Å². The van der Waals surface area contributed by atoms with Crippen LogP contribution in [0.15, 0.2) is 53.9 Å². The summed E-state index contributed by atoms with van der Waals surface area (Å²) in [6.07, 6.45) is -0.189. The third kappa shape index (κ3) is 3.61. The molecular weight excluding hydrogens is 374 g/mol. The van der Waals surface area contributed by atoms with Gasteiger partial charge in [0.2, 0.25) is 5.91 Å². The molecule has 1 atom stereocenters. The van der Waals surface area contributed by atoms with Gasteiger partial charge in [0.15, 0.2) is 11.2 Å². The highest BCUT2D eigenvalue weighted by atomic mass is 32.1. The second kappa shape index (κ2) is 7.44. The molecule has 2 amide bonds. The number of rotatable bonds is 4. The van der Waals surface area contributed by atoms with Crippen molar-refractivity contribution in [2.75, 3.05) is 17.3 Å². The normalized spacial score (nSPS) is 15.7. The Morgan fingerprint density at radius 1 is 1.25 bits per heavy atom. The Bertz CT molecular complexity index is 1030. The van der Waals surface area contributed by atoms with Crippen molar-refractivity contribution in [1.29, 1.82) is 0 Å². The topological polar surface area (TPSA) is 71.5 Å². The van der Waals surface area contributed by atoms with E-state index in [0.717, 1.165) is 16.8 Å². The van der Waals surface area contributed by atoms with Crippen molar-refractivity contribution in [1.82, 2.24) is 4.98 Å². The van der Waals surface area contributed by atoms with Crippen molar-refractivity contribution in [2.45, 2.75) is 19.4 Å². The van der Waals surface area contributed by atoms with Crippen LogP contribution in [0.4, 0.5) is 10.8 Å². The Kier molecular flexibility index (Phi) is 4.83. The van der Waals surface area contributed by atoms with Gasteiger partial charge in [-0.05, 0) is 30.7 Å². The number of benzene rings is 2. The molecule has 2 heterocycles. The maximum absolute atomic E-state index is 12.2. The molecule has 1 unspecified atom stereocenters. The summed E-state index contributed by atoms with van der Waals surface area (Å²) in [5, 5.41) is 5.27. The molecule has 0 radical (unpaired) electrons. The average Bonchev–Trinajstić information content (AvgIpc) is 3.15. The number of thiazole rings is 1. The van der Waals surface area contributed by atoms with Crippen LogP contribution < -0.4 is 15.0 Å². The summed E-state index contributed by atoms with van der Waals surface area (Å²) in [6.45, 7) is 1.74. The van der Waals surface area contributed by atoms with Gasteiger partial charge >= 0.3 is 0 Å². The highest BCUT2D eigenvalue weighted by molar-refractivity contribution is 7.14. The molecule has 1 aromatic heterocycles. The van der Waals surface area contributed by atoms with Gasteiger partial charge < -0.3 is 15.0 Å². The quantitative estimate of drug-likeness (QED) is 0.733. The van der Waals surface area contributed by atoms with Gasteiger partial charge in [-0.15, -0.1) is 11.3 Å². The molecule has 4 rings (SSSR count). The average molecular weight is 393 g/mol. The van der Waals surface area contributed by atoms with Crippen LogP contribution in [0.1, 0.15) is 12.5 Å². The summed E-state index contributed by atoms with van der Waals surface area (Å²) in [5.41, 5.74) is 3.26. The minimum Gasteiger partial charge on any atom is -0.479 e. The maximum atomic E-state index is 12.2. The van der Waals surface area contributed by atoms with E-state index in [2.05, 4.69) is 10.3 Å². The number of nitrogens with one attached hydrogen (secondary N) is 1. The zero-order valence-electron chi connectivity index (χ0n) is 15.5. The molecule has 28 heavy (non-hydrogen) atoms. The maximum Gasteiger partial charge on any atom is 0.267 e. The first kappa shape index (κ1) is 18.2. The van der Waals surface area contributed by atoms with Gasteiger partial charge in [0.1, 0.15) is 5.75 Å². The van der Waals surface area contributed by atoms with Crippen LogP contribution in [0.2, 0.25) is 0 Å². The molecule has 0 aliphatic carbocycles. The number of anilines is 2. The molecule has 1 aliphatic heterocycles. The van der Waals surface area contributed by atoms with E-state index in [9.17, 15) is 9.59 Å². The highest BCUT2D eigenvalue weighted by Gasteiger charge is 2.29. The number of hydrogen-bond donors (Lipinski definition) is 1. The predicted octanol–water partition coefficient (Wildman–Crippen LogP) is 3.74. The third-order valence-corrected chi connectivity index (χ3v) is 5.31. The van der Waals surface area contributed by atoms with E-state index in [0.29, 0.717) is 23.0 Å². The molecule has 0 saturated carbocycles. The Hall–Kier alpha value is -3.19. The van der Waals surface area contributed by atoms with Gasteiger partial charge in [-0.2, -0.15) is 0 Å². The second-order valence-electron chi connectivity index (χ2n) is 6.59. The Balaban J connectivity index is 1.50. The second-order valence-corrected chi connectivity index (χ2v) is 7.45. The largest absolute Gasteiger partial charge is 0.479 e. The van der Waals surface area contributed by atoms with Gasteiger partial charge in [0.05, 0.1) is 17.8 Å². The predicted molar refractivity (Wildman–Crippen MR) is 110 cm³/mol. The van der Waals surface area contributed by atoms with Crippen molar-refractivity contribution in [3.63, 3.8) is 0 Å². The standard InChI is InChI=1S/C21H19N3O3S/c1-13-20(26)24(2)17-11-15(8-9-18(17)27-13)16-12-28-21(22-16)23-19(25)10-14-6-4-3-5-7-14/h3-9,11-13H,10H2,1-2H3,(H,22,23,25). The lowest BCUT2D eigenvalue weighted by Gasteiger charge is -2.30. The summed E-state index contributed by atoms with van der Waals surface area (Å²) in [6, 6.07) is 15.2. The van der Waals surface area contributed by atoms with Gasteiger partial charge in [-0.25, -0.2) is 4.98 Å². The van der Waals surface area contributed by atoms with Crippen molar-refractivity contribution < 1.29 is 14.3 Å². The summed E-state index contributed by atoms with van der Waals surface area (Å²) in [5.74, 6) is 0.479. The summed E-state index contributed by atoms with van der Waals surface area (Å²) < 4.78 is 5.65. The SMILES string of the molecule is CC1Oc2ccc(-c3csc(NC(=O)Cc4ccccc4)n3)cc2N(C)C1=O. The monoisotopic (exact) mass is 393 g/mol. The molecule has 1 aliphatic rings. The van der Waals surface area contributed by atoms with Gasteiger partial charge in [0.25, 0.3) is 5.91 Å². The first-order chi connectivity index (χ1) is 13.5. The van der Waals surface area contributed by atoms with E-state index < -0.39 is 6.10 Å². The van der Waals surface area contributed by atoms with E-state index in [1.54, 1.807) is 18.9 Å². The first-order valence-corrected chi connectivity index (χ1v) is 9.77. The van der Waals surface area contributed by atoms with Crippen LogP contribution in [-0.2, 0) is 16.0 Å². The summed E-state index contributed by atoms with van der Waals surface area (Å²) >= 11 is 1.37. The molecular formula is C21H19N3O3S. The van der Waals surface area contributed by atoms with Crippen LogP contribution in [-0.4, -0.2) is 29.9 Å². The van der Waals surface area contributed by atoms with Crippen molar-refractivity contribution in [2.24, 2.45) is 0 Å².